The standard InChI is InChI=1S/C9H19NO/c1-9(2,10-3)7-5-4-6-8-11/h4-5,10-11H,6-8H2,1-3H3/b5-4-. The monoisotopic (exact) mass is 157 g/mol. The maximum absolute atomic E-state index is 8.49. The minimum Gasteiger partial charge on any atom is -0.396 e. The van der Waals surface area contributed by atoms with E-state index in [0.29, 0.717) is 0 Å². The molecule has 0 aromatic rings. The van der Waals surface area contributed by atoms with E-state index in [1.165, 1.54) is 0 Å². The average molecular weight is 157 g/mol. The molecule has 0 heterocycles. The fourth-order valence-corrected chi connectivity index (χ4v) is 0.672. The van der Waals surface area contributed by atoms with Crippen molar-refractivity contribution in [2.75, 3.05) is 13.7 Å². The average Bonchev–Trinajstić information content (AvgIpc) is 1.99. The van der Waals surface area contributed by atoms with Crippen molar-refractivity contribution < 1.29 is 5.11 Å². The van der Waals surface area contributed by atoms with Gasteiger partial charge < -0.3 is 10.4 Å². The molecule has 0 saturated carbocycles. The summed E-state index contributed by atoms with van der Waals surface area (Å²) in [5, 5.41) is 11.7. The predicted molar refractivity (Wildman–Crippen MR) is 48.6 cm³/mol. The van der Waals surface area contributed by atoms with E-state index in [9.17, 15) is 0 Å². The maximum atomic E-state index is 8.49. The molecule has 0 aromatic carbocycles. The highest BCUT2D eigenvalue weighted by atomic mass is 16.2. The number of aliphatic hydroxyl groups is 1. The van der Waals surface area contributed by atoms with E-state index >= 15 is 0 Å². The van der Waals surface area contributed by atoms with Crippen LogP contribution in [0.2, 0.25) is 0 Å². The molecule has 0 fully saturated rings. The molecule has 2 heteroatoms. The summed E-state index contributed by atoms with van der Waals surface area (Å²) in [4.78, 5) is 0. The van der Waals surface area contributed by atoms with Crippen molar-refractivity contribution in [1.29, 1.82) is 0 Å². The molecule has 0 bridgehead atoms. The SMILES string of the molecule is CNC(C)(C)C/C=C\CCO. The van der Waals surface area contributed by atoms with Gasteiger partial charge in [-0.2, -0.15) is 0 Å². The number of aliphatic hydroxyl groups excluding tert-OH is 1. The Hall–Kier alpha value is -0.340. The zero-order valence-electron chi connectivity index (χ0n) is 7.72. The van der Waals surface area contributed by atoms with Crippen LogP contribution in [0.15, 0.2) is 12.2 Å². The molecule has 0 atom stereocenters. The molecule has 0 amide bonds. The Kier molecular flexibility index (Phi) is 5.16. The van der Waals surface area contributed by atoms with Gasteiger partial charge in [-0.25, -0.2) is 0 Å². The second-order valence-corrected chi connectivity index (χ2v) is 3.32. The van der Waals surface area contributed by atoms with Crippen LogP contribution in [0.4, 0.5) is 0 Å². The Labute approximate surface area is 69.3 Å². The molecule has 0 aliphatic heterocycles. The Bertz CT molecular complexity index is 119. The van der Waals surface area contributed by atoms with E-state index in [-0.39, 0.29) is 12.1 Å². The van der Waals surface area contributed by atoms with E-state index in [1.807, 2.05) is 13.1 Å². The molecule has 0 unspecified atom stereocenters. The van der Waals surface area contributed by atoms with Crippen molar-refractivity contribution in [1.82, 2.24) is 5.32 Å². The summed E-state index contributed by atoms with van der Waals surface area (Å²) >= 11 is 0. The van der Waals surface area contributed by atoms with Crippen molar-refractivity contribution in [3.63, 3.8) is 0 Å². The minimum atomic E-state index is 0.173. The summed E-state index contributed by atoms with van der Waals surface area (Å²) in [6, 6.07) is 0. The number of hydrogen-bond donors (Lipinski definition) is 2. The van der Waals surface area contributed by atoms with E-state index in [1.54, 1.807) is 0 Å². The third-order valence-corrected chi connectivity index (χ3v) is 1.77. The first-order valence-corrected chi connectivity index (χ1v) is 4.07. The van der Waals surface area contributed by atoms with Gasteiger partial charge in [-0.05, 0) is 33.7 Å². The third-order valence-electron chi connectivity index (χ3n) is 1.77. The van der Waals surface area contributed by atoms with Crippen molar-refractivity contribution in [3.05, 3.63) is 12.2 Å². The molecule has 0 radical (unpaired) electrons. The zero-order chi connectivity index (χ0) is 8.74. The summed E-state index contributed by atoms with van der Waals surface area (Å²) in [5.41, 5.74) is 0.173. The highest BCUT2D eigenvalue weighted by Crippen LogP contribution is 2.07. The van der Waals surface area contributed by atoms with Crippen LogP contribution in [0.5, 0.6) is 0 Å². The van der Waals surface area contributed by atoms with E-state index < -0.39 is 0 Å². The van der Waals surface area contributed by atoms with Crippen LogP contribution < -0.4 is 5.32 Å². The molecule has 0 saturated heterocycles. The highest BCUT2D eigenvalue weighted by molar-refractivity contribution is 4.90. The van der Waals surface area contributed by atoms with Crippen LogP contribution >= 0.6 is 0 Å². The lowest BCUT2D eigenvalue weighted by atomic mass is 10.0. The van der Waals surface area contributed by atoms with Gasteiger partial charge in [0.15, 0.2) is 0 Å². The molecule has 0 spiro atoms. The van der Waals surface area contributed by atoms with Gasteiger partial charge in [0.1, 0.15) is 0 Å². The first-order valence-electron chi connectivity index (χ1n) is 4.07. The van der Waals surface area contributed by atoms with Gasteiger partial charge >= 0.3 is 0 Å². The molecule has 2 N–H and O–H groups in total. The minimum absolute atomic E-state index is 0.173. The molecule has 2 nitrogen and oxygen atoms in total. The van der Waals surface area contributed by atoms with E-state index in [0.717, 1.165) is 12.8 Å². The molecule has 11 heavy (non-hydrogen) atoms. The molecule has 66 valence electrons. The normalized spacial score (nSPS) is 12.7. The molecule has 0 aromatic heterocycles. The first-order chi connectivity index (χ1) is 5.12. The zero-order valence-corrected chi connectivity index (χ0v) is 7.72. The number of nitrogens with one attached hydrogen (secondary N) is 1. The van der Waals surface area contributed by atoms with E-state index in [4.69, 9.17) is 5.11 Å². The van der Waals surface area contributed by atoms with Gasteiger partial charge in [0, 0.05) is 12.1 Å². The Morgan fingerprint density at radius 2 is 2.00 bits per heavy atom. The number of hydrogen-bond acceptors (Lipinski definition) is 2. The van der Waals surface area contributed by atoms with Crippen molar-refractivity contribution in [2.24, 2.45) is 0 Å². The topological polar surface area (TPSA) is 32.3 Å². The molecular weight excluding hydrogens is 138 g/mol. The lowest BCUT2D eigenvalue weighted by Gasteiger charge is -2.21. The van der Waals surface area contributed by atoms with Gasteiger partial charge in [-0.15, -0.1) is 0 Å². The lowest BCUT2D eigenvalue weighted by molar-refractivity contribution is 0.302. The third kappa shape index (κ3) is 6.07. The molecule has 0 aliphatic carbocycles. The van der Waals surface area contributed by atoms with Gasteiger partial charge in [0.25, 0.3) is 0 Å². The largest absolute Gasteiger partial charge is 0.396 e. The van der Waals surface area contributed by atoms with Crippen LogP contribution in [0.3, 0.4) is 0 Å². The van der Waals surface area contributed by atoms with Crippen LogP contribution in [0, 0.1) is 0 Å². The lowest BCUT2D eigenvalue weighted by Crippen LogP contribution is -2.35. The fraction of sp³-hybridized carbons (Fsp3) is 0.778. The summed E-state index contributed by atoms with van der Waals surface area (Å²) in [6.45, 7) is 4.54. The summed E-state index contributed by atoms with van der Waals surface area (Å²) in [6.07, 6.45) is 5.88. The predicted octanol–water partition coefficient (Wildman–Crippen LogP) is 1.31. The fourth-order valence-electron chi connectivity index (χ4n) is 0.672. The smallest absolute Gasteiger partial charge is 0.0465 e. The second kappa shape index (κ2) is 5.33. The van der Waals surface area contributed by atoms with Crippen LogP contribution in [0.1, 0.15) is 26.7 Å². The number of rotatable bonds is 5. The van der Waals surface area contributed by atoms with E-state index in [2.05, 4.69) is 25.2 Å². The molecule has 0 rings (SSSR count). The van der Waals surface area contributed by atoms with Crippen LogP contribution in [0.25, 0.3) is 0 Å². The van der Waals surface area contributed by atoms with Crippen molar-refractivity contribution in [3.8, 4) is 0 Å². The molecular formula is C9H19NO. The van der Waals surface area contributed by atoms with Crippen LogP contribution in [-0.4, -0.2) is 24.3 Å². The summed E-state index contributed by atoms with van der Waals surface area (Å²) in [7, 11) is 1.96. The molecule has 0 aliphatic rings. The second-order valence-electron chi connectivity index (χ2n) is 3.32. The highest BCUT2D eigenvalue weighted by Gasteiger charge is 2.10. The van der Waals surface area contributed by atoms with Crippen LogP contribution in [-0.2, 0) is 0 Å². The van der Waals surface area contributed by atoms with Crippen molar-refractivity contribution >= 4 is 0 Å². The van der Waals surface area contributed by atoms with Gasteiger partial charge in [-0.3, -0.25) is 0 Å². The summed E-state index contributed by atoms with van der Waals surface area (Å²) in [5.74, 6) is 0. The van der Waals surface area contributed by atoms with Crippen molar-refractivity contribution in [2.45, 2.75) is 32.2 Å². The van der Waals surface area contributed by atoms with Gasteiger partial charge in [0.2, 0.25) is 0 Å². The maximum Gasteiger partial charge on any atom is 0.0465 e. The first kappa shape index (κ1) is 10.7. The Morgan fingerprint density at radius 1 is 1.36 bits per heavy atom. The quantitative estimate of drug-likeness (QED) is 0.590. The summed E-state index contributed by atoms with van der Waals surface area (Å²) < 4.78 is 0. The Morgan fingerprint density at radius 3 is 2.45 bits per heavy atom. The van der Waals surface area contributed by atoms with Gasteiger partial charge in [0.05, 0.1) is 0 Å². The Balaban J connectivity index is 3.51. The van der Waals surface area contributed by atoms with Gasteiger partial charge in [-0.1, -0.05) is 12.2 Å².